The van der Waals surface area contributed by atoms with E-state index in [-0.39, 0.29) is 35.4 Å². The van der Waals surface area contributed by atoms with Crippen molar-refractivity contribution in [3.05, 3.63) is 12.2 Å². The molecule has 2 bridgehead atoms. The van der Waals surface area contributed by atoms with Gasteiger partial charge in [0.15, 0.2) is 0 Å². The van der Waals surface area contributed by atoms with Crippen LogP contribution in [0.5, 0.6) is 0 Å². The minimum atomic E-state index is -0.354. The number of allylic oxidation sites excluding steroid dienone is 2. The Morgan fingerprint density at radius 3 is 2.27 bits per heavy atom. The number of carbonyl (C=O) groups excluding carboxylic acids is 2. The molecule has 1 fully saturated rings. The summed E-state index contributed by atoms with van der Waals surface area (Å²) in [7, 11) is 1.31. The van der Waals surface area contributed by atoms with Crippen molar-refractivity contribution in [2.75, 3.05) is 7.05 Å². The van der Waals surface area contributed by atoms with Crippen molar-refractivity contribution in [3.8, 4) is 0 Å². The third kappa shape index (κ3) is 1.49. The molecule has 0 aromatic rings. The number of hydrogen-bond donors (Lipinski definition) is 1. The van der Waals surface area contributed by atoms with E-state index in [1.165, 1.54) is 14.0 Å². The van der Waals surface area contributed by atoms with Crippen molar-refractivity contribution in [2.45, 2.75) is 13.3 Å². The highest BCUT2D eigenvalue weighted by Crippen LogP contribution is 2.48. The van der Waals surface area contributed by atoms with Crippen molar-refractivity contribution in [2.24, 2.45) is 23.7 Å². The summed E-state index contributed by atoms with van der Waals surface area (Å²) in [6.07, 6.45) is 4.89. The van der Waals surface area contributed by atoms with E-state index in [4.69, 9.17) is 5.21 Å². The maximum atomic E-state index is 11.7. The summed E-state index contributed by atoms with van der Waals surface area (Å²) >= 11 is 0. The molecular formula is C11H15NO3. The fraction of sp³-hybridized carbons (Fsp3) is 0.636. The number of carbonyl (C=O) groups is 2. The van der Waals surface area contributed by atoms with Crippen LogP contribution >= 0.6 is 0 Å². The van der Waals surface area contributed by atoms with Crippen LogP contribution < -0.4 is 0 Å². The van der Waals surface area contributed by atoms with Gasteiger partial charge in [-0.2, -0.15) is 0 Å². The van der Waals surface area contributed by atoms with Crippen molar-refractivity contribution in [1.82, 2.24) is 5.06 Å². The number of Topliss-reactive ketones (excluding diaryl/α,β-unsaturated/α-hetero) is 1. The van der Waals surface area contributed by atoms with Crippen molar-refractivity contribution < 1.29 is 14.8 Å². The zero-order valence-corrected chi connectivity index (χ0v) is 8.88. The lowest BCUT2D eigenvalue weighted by Gasteiger charge is -2.26. The summed E-state index contributed by atoms with van der Waals surface area (Å²) in [5.41, 5.74) is 0. The Labute approximate surface area is 88.5 Å². The summed E-state index contributed by atoms with van der Waals surface area (Å²) in [5.74, 6) is -0.555. The third-order valence-electron chi connectivity index (χ3n) is 3.53. The minimum absolute atomic E-state index is 0.0482. The number of hydrogen-bond acceptors (Lipinski definition) is 3. The number of nitrogens with zero attached hydrogens (tertiary/aromatic N) is 1. The lowest BCUT2D eigenvalue weighted by atomic mass is 9.80. The zero-order chi connectivity index (χ0) is 11.2. The Bertz CT molecular complexity index is 335. The van der Waals surface area contributed by atoms with Gasteiger partial charge in [-0.05, 0) is 25.2 Å². The predicted octanol–water partition coefficient (Wildman–Crippen LogP) is 0.861. The highest BCUT2D eigenvalue weighted by molar-refractivity contribution is 5.89. The lowest BCUT2D eigenvalue weighted by Crippen LogP contribution is -2.39. The standard InChI is InChI=1S/C11H15NO3/c1-6(13)9-7-3-4-8(5-7)10(9)11(14)12(2)15/h3-4,7-10,15H,5H2,1-2H3/t7?,8?,9-,10+/m1/s1. The predicted molar refractivity (Wildman–Crippen MR) is 53.0 cm³/mol. The van der Waals surface area contributed by atoms with E-state index in [9.17, 15) is 9.59 Å². The maximum Gasteiger partial charge on any atom is 0.250 e. The van der Waals surface area contributed by atoms with Crippen LogP contribution in [0.4, 0.5) is 0 Å². The van der Waals surface area contributed by atoms with E-state index in [0.717, 1.165) is 6.42 Å². The normalized spacial score (nSPS) is 37.0. The Hall–Kier alpha value is -1.16. The van der Waals surface area contributed by atoms with Crippen LogP contribution in [0.1, 0.15) is 13.3 Å². The van der Waals surface area contributed by atoms with Gasteiger partial charge in [0.2, 0.25) is 5.91 Å². The Kier molecular flexibility index (Phi) is 2.38. The molecule has 1 amide bonds. The van der Waals surface area contributed by atoms with Crippen LogP contribution in [0.3, 0.4) is 0 Å². The van der Waals surface area contributed by atoms with Crippen LogP contribution in [0, 0.1) is 23.7 Å². The molecule has 2 unspecified atom stereocenters. The van der Waals surface area contributed by atoms with E-state index in [2.05, 4.69) is 0 Å². The van der Waals surface area contributed by atoms with Gasteiger partial charge >= 0.3 is 0 Å². The van der Waals surface area contributed by atoms with E-state index in [0.29, 0.717) is 5.06 Å². The molecule has 1 saturated carbocycles. The first-order chi connectivity index (χ1) is 7.02. The number of hydroxylamine groups is 2. The second kappa shape index (κ2) is 3.45. The van der Waals surface area contributed by atoms with Gasteiger partial charge in [0.05, 0.1) is 5.92 Å². The maximum absolute atomic E-state index is 11.7. The van der Waals surface area contributed by atoms with Gasteiger partial charge < -0.3 is 0 Å². The summed E-state index contributed by atoms with van der Waals surface area (Å²) in [6.45, 7) is 1.52. The van der Waals surface area contributed by atoms with Crippen molar-refractivity contribution in [1.29, 1.82) is 0 Å². The van der Waals surface area contributed by atoms with Gasteiger partial charge in [-0.3, -0.25) is 14.8 Å². The molecule has 0 aliphatic heterocycles. The molecule has 0 spiro atoms. The fourth-order valence-electron chi connectivity index (χ4n) is 2.93. The molecule has 4 heteroatoms. The lowest BCUT2D eigenvalue weighted by molar-refractivity contribution is -0.167. The topological polar surface area (TPSA) is 57.6 Å². The largest absolute Gasteiger partial charge is 0.300 e. The highest BCUT2D eigenvalue weighted by atomic mass is 16.5. The van der Waals surface area contributed by atoms with Gasteiger partial charge in [0.25, 0.3) is 0 Å². The fourth-order valence-corrected chi connectivity index (χ4v) is 2.93. The highest BCUT2D eigenvalue weighted by Gasteiger charge is 2.50. The van der Waals surface area contributed by atoms with E-state index >= 15 is 0 Å². The first-order valence-corrected chi connectivity index (χ1v) is 5.17. The SMILES string of the molecule is CC(=O)[C@@H]1C2C=CC(C2)[C@@H]1C(=O)N(C)O. The van der Waals surface area contributed by atoms with E-state index in [1.54, 1.807) is 0 Å². The Morgan fingerprint density at radius 2 is 1.80 bits per heavy atom. The second-order valence-electron chi connectivity index (χ2n) is 4.47. The number of rotatable bonds is 2. The first-order valence-electron chi connectivity index (χ1n) is 5.17. The summed E-state index contributed by atoms with van der Waals surface area (Å²) in [6, 6.07) is 0. The van der Waals surface area contributed by atoms with Gasteiger partial charge in [-0.25, -0.2) is 5.06 Å². The van der Waals surface area contributed by atoms with Gasteiger partial charge in [-0.1, -0.05) is 12.2 Å². The molecule has 0 aromatic heterocycles. The number of ketones is 1. The molecule has 2 aliphatic carbocycles. The molecular weight excluding hydrogens is 194 g/mol. The molecule has 4 nitrogen and oxygen atoms in total. The molecule has 0 aromatic carbocycles. The molecule has 2 aliphatic rings. The monoisotopic (exact) mass is 209 g/mol. The molecule has 0 heterocycles. The van der Waals surface area contributed by atoms with Crippen molar-refractivity contribution >= 4 is 11.7 Å². The van der Waals surface area contributed by atoms with Gasteiger partial charge in [-0.15, -0.1) is 0 Å². The van der Waals surface area contributed by atoms with E-state index in [1.807, 2.05) is 12.2 Å². The van der Waals surface area contributed by atoms with Gasteiger partial charge in [0, 0.05) is 13.0 Å². The Balaban J connectivity index is 2.27. The Morgan fingerprint density at radius 1 is 1.27 bits per heavy atom. The smallest absolute Gasteiger partial charge is 0.250 e. The summed E-state index contributed by atoms with van der Waals surface area (Å²) in [4.78, 5) is 23.2. The minimum Gasteiger partial charge on any atom is -0.300 e. The van der Waals surface area contributed by atoms with Crippen LogP contribution in [-0.2, 0) is 9.59 Å². The zero-order valence-electron chi connectivity index (χ0n) is 8.88. The van der Waals surface area contributed by atoms with Crippen LogP contribution in [0.25, 0.3) is 0 Å². The summed E-state index contributed by atoms with van der Waals surface area (Å²) < 4.78 is 0. The second-order valence-corrected chi connectivity index (χ2v) is 4.47. The van der Waals surface area contributed by atoms with E-state index < -0.39 is 0 Å². The molecule has 1 N–H and O–H groups in total. The third-order valence-corrected chi connectivity index (χ3v) is 3.53. The van der Waals surface area contributed by atoms with Crippen LogP contribution in [0.15, 0.2) is 12.2 Å². The number of amides is 1. The average molecular weight is 209 g/mol. The number of fused-ring (bicyclic) bond motifs is 2. The van der Waals surface area contributed by atoms with Gasteiger partial charge in [0.1, 0.15) is 5.78 Å². The average Bonchev–Trinajstić information content (AvgIpc) is 2.74. The molecule has 0 radical (unpaired) electrons. The van der Waals surface area contributed by atoms with Crippen molar-refractivity contribution in [3.63, 3.8) is 0 Å². The molecule has 82 valence electrons. The van der Waals surface area contributed by atoms with Crippen LogP contribution in [0.2, 0.25) is 0 Å². The molecule has 15 heavy (non-hydrogen) atoms. The van der Waals surface area contributed by atoms with Crippen LogP contribution in [-0.4, -0.2) is 29.0 Å². The molecule has 2 rings (SSSR count). The molecule has 0 saturated heterocycles. The quantitative estimate of drug-likeness (QED) is 0.417. The first kappa shape index (κ1) is 10.4. The summed E-state index contributed by atoms with van der Waals surface area (Å²) in [5, 5.41) is 9.76. The molecule has 4 atom stereocenters.